The minimum atomic E-state index is -3.50. The van der Waals surface area contributed by atoms with Gasteiger partial charge < -0.3 is 20.3 Å². The third kappa shape index (κ3) is 6.79. The summed E-state index contributed by atoms with van der Waals surface area (Å²) in [5.74, 6) is 0.463. The van der Waals surface area contributed by atoms with Crippen molar-refractivity contribution in [3.63, 3.8) is 0 Å². The normalized spacial score (nSPS) is 18.7. The van der Waals surface area contributed by atoms with E-state index in [4.69, 9.17) is 0 Å². The largest absolute Gasteiger partial charge is 0.390 e. The Labute approximate surface area is 244 Å². The Morgan fingerprint density at radius 1 is 1.12 bits per heavy atom. The highest BCUT2D eigenvalue weighted by Gasteiger charge is 2.30. The van der Waals surface area contributed by atoms with Crippen LogP contribution in [0.1, 0.15) is 66.9 Å². The lowest BCUT2D eigenvalue weighted by Gasteiger charge is -2.26. The van der Waals surface area contributed by atoms with Crippen LogP contribution in [0, 0.1) is 5.92 Å². The van der Waals surface area contributed by atoms with Crippen molar-refractivity contribution in [2.75, 3.05) is 30.2 Å². The van der Waals surface area contributed by atoms with Gasteiger partial charge in [0.15, 0.2) is 0 Å². The van der Waals surface area contributed by atoms with Gasteiger partial charge in [0.25, 0.3) is 5.91 Å². The van der Waals surface area contributed by atoms with Crippen molar-refractivity contribution >= 4 is 32.5 Å². The summed E-state index contributed by atoms with van der Waals surface area (Å²) in [7, 11) is -1.94. The monoisotopic (exact) mass is 580 g/mol. The predicted octanol–water partition coefficient (Wildman–Crippen LogP) is 4.25. The molecule has 1 saturated carbocycles. The van der Waals surface area contributed by atoms with Crippen molar-refractivity contribution in [2.45, 2.75) is 77.0 Å². The maximum Gasteiger partial charge on any atom is 0.251 e. The van der Waals surface area contributed by atoms with E-state index in [1.54, 1.807) is 13.1 Å². The van der Waals surface area contributed by atoms with E-state index in [9.17, 15) is 18.3 Å². The molecule has 0 spiro atoms. The lowest BCUT2D eigenvalue weighted by molar-refractivity contribution is 0.0830. The molecule has 0 unspecified atom stereocenters. The van der Waals surface area contributed by atoms with Gasteiger partial charge in [0.1, 0.15) is 0 Å². The Balaban J connectivity index is 1.36. The number of hydrogen-bond acceptors (Lipinski definition) is 5. The predicted molar refractivity (Wildman–Crippen MR) is 165 cm³/mol. The standard InChI is InChI=1S/C32H44N4O4S/c1-3-36-22-25-15-17-41(39,40)35(2)28-19-26(20-29(36)31(25)28)32(38)34-27(18-24-12-8-5-9-13-24)30(37)21-33-16-14-23-10-6-4-7-11-23/h5,8-9,12-13,19-20,22-23,27,30,33,37H,3-4,6-7,10-11,14-18,21H2,1-2H3,(H,34,38)/t27-,30+/m0/s1. The summed E-state index contributed by atoms with van der Waals surface area (Å²) in [6.45, 7) is 3.98. The second-order valence-corrected chi connectivity index (χ2v) is 13.8. The van der Waals surface area contributed by atoms with Crippen molar-refractivity contribution in [1.29, 1.82) is 0 Å². The van der Waals surface area contributed by atoms with E-state index in [1.807, 2.05) is 49.5 Å². The van der Waals surface area contributed by atoms with E-state index < -0.39 is 22.2 Å². The Morgan fingerprint density at radius 2 is 1.88 bits per heavy atom. The van der Waals surface area contributed by atoms with Crippen LogP contribution in [-0.2, 0) is 29.4 Å². The third-order valence-electron chi connectivity index (χ3n) is 8.91. The highest BCUT2D eigenvalue weighted by atomic mass is 32.2. The zero-order valence-electron chi connectivity index (χ0n) is 24.3. The fourth-order valence-corrected chi connectivity index (χ4v) is 7.62. The smallest absolute Gasteiger partial charge is 0.251 e. The lowest BCUT2D eigenvalue weighted by atomic mass is 9.87. The quantitative estimate of drug-likeness (QED) is 0.294. The molecule has 1 aromatic heterocycles. The van der Waals surface area contributed by atoms with Crippen molar-refractivity contribution in [2.24, 2.45) is 5.92 Å². The number of aliphatic hydroxyl groups excluding tert-OH is 1. The number of anilines is 1. The van der Waals surface area contributed by atoms with Crippen LogP contribution in [0.5, 0.6) is 0 Å². The molecule has 2 atom stereocenters. The minimum Gasteiger partial charge on any atom is -0.390 e. The molecule has 0 radical (unpaired) electrons. The topological polar surface area (TPSA) is 104 Å². The van der Waals surface area contributed by atoms with Crippen molar-refractivity contribution in [3.05, 3.63) is 65.4 Å². The molecule has 9 heteroatoms. The first-order chi connectivity index (χ1) is 19.8. The third-order valence-corrected chi connectivity index (χ3v) is 10.7. The molecule has 3 aromatic rings. The van der Waals surface area contributed by atoms with Gasteiger partial charge in [-0.1, -0.05) is 62.4 Å². The van der Waals surface area contributed by atoms with Crippen LogP contribution in [0.25, 0.3) is 10.9 Å². The molecular weight excluding hydrogens is 536 g/mol. The van der Waals surface area contributed by atoms with Crippen LogP contribution in [0.4, 0.5) is 5.69 Å². The highest BCUT2D eigenvalue weighted by molar-refractivity contribution is 7.92. The summed E-state index contributed by atoms with van der Waals surface area (Å²) in [5.41, 5.74) is 3.76. The van der Waals surface area contributed by atoms with Crippen LogP contribution >= 0.6 is 0 Å². The van der Waals surface area contributed by atoms with Crippen LogP contribution in [-0.4, -0.2) is 62.0 Å². The van der Waals surface area contributed by atoms with Crippen molar-refractivity contribution < 1.29 is 18.3 Å². The van der Waals surface area contributed by atoms with Gasteiger partial charge in [0.2, 0.25) is 10.0 Å². The zero-order chi connectivity index (χ0) is 29.0. The number of benzene rings is 2. The molecular formula is C32H44N4O4S. The van der Waals surface area contributed by atoms with Crippen LogP contribution in [0.15, 0.2) is 48.7 Å². The summed E-state index contributed by atoms with van der Waals surface area (Å²) in [4.78, 5) is 13.8. The molecule has 5 rings (SSSR count). The number of aromatic nitrogens is 1. The number of sulfonamides is 1. The number of aryl methyl sites for hydroxylation is 2. The van der Waals surface area contributed by atoms with Gasteiger partial charge in [-0.15, -0.1) is 0 Å². The summed E-state index contributed by atoms with van der Waals surface area (Å²) in [5, 5.41) is 18.7. The molecule has 1 aliphatic heterocycles. The number of hydrogen-bond donors (Lipinski definition) is 3. The molecule has 222 valence electrons. The maximum absolute atomic E-state index is 13.8. The number of carbonyl (C=O) groups is 1. The molecule has 0 saturated heterocycles. The van der Waals surface area contributed by atoms with Gasteiger partial charge in [-0.05, 0) is 61.9 Å². The van der Waals surface area contributed by atoms with Crippen LogP contribution in [0.3, 0.4) is 0 Å². The van der Waals surface area contributed by atoms with Gasteiger partial charge in [-0.25, -0.2) is 8.42 Å². The summed E-state index contributed by atoms with van der Waals surface area (Å²) in [6, 6.07) is 12.9. The highest BCUT2D eigenvalue weighted by Crippen LogP contribution is 2.37. The van der Waals surface area contributed by atoms with Gasteiger partial charge >= 0.3 is 0 Å². The molecule has 41 heavy (non-hydrogen) atoms. The summed E-state index contributed by atoms with van der Waals surface area (Å²) in [6.07, 6.45) is 9.82. The Hall–Kier alpha value is -2.88. The van der Waals surface area contributed by atoms with Crippen molar-refractivity contribution in [3.8, 4) is 0 Å². The molecule has 0 bridgehead atoms. The fraction of sp³-hybridized carbons (Fsp3) is 0.531. The van der Waals surface area contributed by atoms with Crippen LogP contribution in [0.2, 0.25) is 0 Å². The molecule has 2 heterocycles. The molecule has 8 nitrogen and oxygen atoms in total. The second-order valence-electron chi connectivity index (χ2n) is 11.7. The van der Waals surface area contributed by atoms with Gasteiger partial charge in [0, 0.05) is 37.3 Å². The van der Waals surface area contributed by atoms with E-state index in [0.29, 0.717) is 37.2 Å². The number of rotatable bonds is 11. The number of carbonyl (C=O) groups excluding carboxylic acids is 1. The van der Waals surface area contributed by atoms with E-state index in [-0.39, 0.29) is 11.7 Å². The summed E-state index contributed by atoms with van der Waals surface area (Å²) < 4.78 is 29.2. The number of nitrogens with one attached hydrogen (secondary N) is 2. The molecule has 2 aromatic carbocycles. The first kappa shape index (κ1) is 29.6. The number of amides is 1. The van der Waals surface area contributed by atoms with Gasteiger partial charge in [-0.3, -0.25) is 9.10 Å². The van der Waals surface area contributed by atoms with E-state index in [0.717, 1.165) is 40.9 Å². The maximum atomic E-state index is 13.8. The molecule has 1 amide bonds. The average molecular weight is 581 g/mol. The molecule has 2 aliphatic rings. The zero-order valence-corrected chi connectivity index (χ0v) is 25.1. The first-order valence-electron chi connectivity index (χ1n) is 15.1. The second kappa shape index (κ2) is 13.0. The number of nitrogens with zero attached hydrogens (tertiary/aromatic N) is 2. The van der Waals surface area contributed by atoms with Gasteiger partial charge in [-0.2, -0.15) is 0 Å². The SMILES string of the molecule is CCn1cc2c3c(cc(C(=O)N[C@@H](Cc4ccccc4)[C@H](O)CNCCC4CCCCC4)cc31)N(C)S(=O)(=O)CC2. The Morgan fingerprint density at radius 3 is 2.61 bits per heavy atom. The van der Waals surface area contributed by atoms with E-state index in [1.165, 1.54) is 36.4 Å². The van der Waals surface area contributed by atoms with Crippen LogP contribution < -0.4 is 14.9 Å². The molecule has 1 aliphatic carbocycles. The fourth-order valence-electron chi connectivity index (χ4n) is 6.42. The molecule has 1 fully saturated rings. The van der Waals surface area contributed by atoms with E-state index >= 15 is 0 Å². The Bertz CT molecular complexity index is 1450. The lowest BCUT2D eigenvalue weighted by Crippen LogP contribution is -2.49. The Kier molecular flexibility index (Phi) is 9.36. The van der Waals surface area contributed by atoms with E-state index in [2.05, 4.69) is 15.2 Å². The minimum absolute atomic E-state index is 0.0294. The number of aliphatic hydroxyl groups is 1. The molecule has 3 N–H and O–H groups in total. The summed E-state index contributed by atoms with van der Waals surface area (Å²) >= 11 is 0. The average Bonchev–Trinajstić information content (AvgIpc) is 3.31. The first-order valence-corrected chi connectivity index (χ1v) is 16.7. The van der Waals surface area contributed by atoms with Gasteiger partial charge in [0.05, 0.1) is 29.1 Å². The van der Waals surface area contributed by atoms with Crippen molar-refractivity contribution in [1.82, 2.24) is 15.2 Å².